The van der Waals surface area contributed by atoms with Crippen LogP contribution in [0.3, 0.4) is 0 Å². The van der Waals surface area contributed by atoms with Crippen LogP contribution in [0.15, 0.2) is 82.2 Å². The van der Waals surface area contributed by atoms with Crippen LogP contribution in [0, 0.1) is 6.92 Å². The van der Waals surface area contributed by atoms with E-state index in [4.69, 9.17) is 11.6 Å². The number of benzene rings is 3. The third-order valence-corrected chi connectivity index (χ3v) is 8.19. The number of nitrogens with zero attached hydrogens (tertiary/aromatic N) is 2. The Hall–Kier alpha value is -2.88. The molecule has 0 bridgehead atoms. The number of carbonyl (C=O) groups excluding carboxylic acids is 2. The average molecular weight is 593 g/mol. The number of anilines is 1. The predicted molar refractivity (Wildman–Crippen MR) is 145 cm³/mol. The highest BCUT2D eigenvalue weighted by Crippen LogP contribution is 2.26. The van der Waals surface area contributed by atoms with Gasteiger partial charge in [0.1, 0.15) is 12.6 Å². The van der Waals surface area contributed by atoms with Crippen LogP contribution in [0.1, 0.15) is 18.1 Å². The maximum Gasteiger partial charge on any atom is 0.264 e. The topological polar surface area (TPSA) is 86.8 Å². The van der Waals surface area contributed by atoms with Gasteiger partial charge in [-0.05, 0) is 67.9 Å². The first-order valence-electron chi connectivity index (χ1n) is 11.1. The number of carbonyl (C=O) groups is 2. The first-order valence-corrected chi connectivity index (χ1v) is 13.7. The monoisotopic (exact) mass is 591 g/mol. The molecule has 0 saturated carbocycles. The first-order chi connectivity index (χ1) is 17.0. The summed E-state index contributed by atoms with van der Waals surface area (Å²) < 4.78 is 29.2. The third kappa shape index (κ3) is 6.66. The van der Waals surface area contributed by atoms with Crippen LogP contribution in [-0.4, -0.2) is 44.8 Å². The van der Waals surface area contributed by atoms with Crippen molar-refractivity contribution in [3.05, 3.63) is 93.4 Å². The van der Waals surface area contributed by atoms with Crippen LogP contribution < -0.4 is 9.62 Å². The molecule has 0 aliphatic heterocycles. The van der Waals surface area contributed by atoms with Crippen molar-refractivity contribution in [3.63, 3.8) is 0 Å². The Balaban J connectivity index is 2.02. The van der Waals surface area contributed by atoms with Crippen molar-refractivity contribution in [2.75, 3.05) is 17.9 Å². The molecule has 3 rings (SSSR count). The van der Waals surface area contributed by atoms with Crippen molar-refractivity contribution in [1.29, 1.82) is 0 Å². The van der Waals surface area contributed by atoms with Crippen LogP contribution in [0.4, 0.5) is 5.69 Å². The number of rotatable bonds is 9. The lowest BCUT2D eigenvalue weighted by Gasteiger charge is -2.31. The second-order valence-electron chi connectivity index (χ2n) is 8.24. The summed E-state index contributed by atoms with van der Waals surface area (Å²) in [6, 6.07) is 19.1. The van der Waals surface area contributed by atoms with Crippen molar-refractivity contribution >= 4 is 55.1 Å². The number of halogens is 2. The number of sulfonamides is 1. The van der Waals surface area contributed by atoms with E-state index in [-0.39, 0.29) is 23.0 Å². The van der Waals surface area contributed by atoms with Crippen molar-refractivity contribution < 1.29 is 18.0 Å². The number of hydrogen-bond donors (Lipinski definition) is 1. The number of nitrogens with one attached hydrogen (secondary N) is 1. The first kappa shape index (κ1) is 27.7. The summed E-state index contributed by atoms with van der Waals surface area (Å²) in [6.45, 7) is 3.08. The fourth-order valence-corrected chi connectivity index (χ4v) is 5.58. The molecule has 2 amide bonds. The summed E-state index contributed by atoms with van der Waals surface area (Å²) in [6.07, 6.45) is 0. The highest BCUT2D eigenvalue weighted by molar-refractivity contribution is 9.10. The van der Waals surface area contributed by atoms with Gasteiger partial charge in [-0.3, -0.25) is 13.9 Å². The Labute approximate surface area is 225 Å². The molecule has 3 aromatic carbocycles. The minimum absolute atomic E-state index is 0.0498. The Morgan fingerprint density at radius 2 is 1.67 bits per heavy atom. The lowest BCUT2D eigenvalue weighted by Crippen LogP contribution is -2.50. The Morgan fingerprint density at radius 1 is 1.03 bits per heavy atom. The second-order valence-corrected chi connectivity index (χ2v) is 11.5. The van der Waals surface area contributed by atoms with E-state index in [0.717, 1.165) is 19.9 Å². The van der Waals surface area contributed by atoms with Crippen LogP contribution in [0.5, 0.6) is 0 Å². The molecule has 0 spiro atoms. The van der Waals surface area contributed by atoms with E-state index in [1.165, 1.54) is 24.1 Å². The predicted octanol–water partition coefficient (Wildman–Crippen LogP) is 4.77. The molecule has 0 radical (unpaired) electrons. The lowest BCUT2D eigenvalue weighted by molar-refractivity contribution is -0.139. The Morgan fingerprint density at radius 3 is 2.25 bits per heavy atom. The van der Waals surface area contributed by atoms with Crippen LogP contribution in [-0.2, 0) is 26.2 Å². The maximum absolute atomic E-state index is 13.7. The minimum atomic E-state index is -4.11. The summed E-state index contributed by atoms with van der Waals surface area (Å²) in [4.78, 5) is 27.6. The van der Waals surface area contributed by atoms with E-state index in [9.17, 15) is 18.0 Å². The van der Waals surface area contributed by atoms with Gasteiger partial charge in [-0.15, -0.1) is 0 Å². The Bertz CT molecular complexity index is 1330. The van der Waals surface area contributed by atoms with Gasteiger partial charge in [0, 0.05) is 23.1 Å². The number of hydrogen-bond acceptors (Lipinski definition) is 4. The van der Waals surface area contributed by atoms with E-state index in [1.807, 2.05) is 31.2 Å². The number of aryl methyl sites for hydroxylation is 1. The SMILES string of the molecule is CNC(=O)C(C)N(Cc1cccc(Br)c1)C(=O)CN(c1ccc(Cl)cc1)S(=O)(=O)c1ccc(C)cc1. The molecule has 0 heterocycles. The summed E-state index contributed by atoms with van der Waals surface area (Å²) >= 11 is 9.45. The zero-order valence-corrected chi connectivity index (χ0v) is 23.3. The van der Waals surface area contributed by atoms with Gasteiger partial charge in [0.15, 0.2) is 0 Å². The van der Waals surface area contributed by atoms with Crippen molar-refractivity contribution in [2.24, 2.45) is 0 Å². The number of amides is 2. The lowest BCUT2D eigenvalue weighted by atomic mass is 10.1. The molecular formula is C26H27BrClN3O4S. The molecule has 0 aliphatic rings. The summed E-state index contributed by atoms with van der Waals surface area (Å²) in [7, 11) is -2.62. The van der Waals surface area contributed by atoms with Gasteiger partial charge in [-0.25, -0.2) is 8.42 Å². The highest BCUT2D eigenvalue weighted by atomic mass is 79.9. The van der Waals surface area contributed by atoms with Gasteiger partial charge in [0.05, 0.1) is 10.6 Å². The molecule has 0 aliphatic carbocycles. The van der Waals surface area contributed by atoms with Crippen molar-refractivity contribution in [2.45, 2.75) is 31.3 Å². The van der Waals surface area contributed by atoms with Gasteiger partial charge in [-0.1, -0.05) is 57.4 Å². The zero-order valence-electron chi connectivity index (χ0n) is 20.1. The van der Waals surface area contributed by atoms with Gasteiger partial charge in [0.2, 0.25) is 11.8 Å². The van der Waals surface area contributed by atoms with Gasteiger partial charge < -0.3 is 10.2 Å². The maximum atomic E-state index is 13.7. The molecule has 0 aromatic heterocycles. The molecular weight excluding hydrogens is 566 g/mol. The molecule has 3 aromatic rings. The van der Waals surface area contributed by atoms with Crippen molar-refractivity contribution in [1.82, 2.24) is 10.2 Å². The fraction of sp³-hybridized carbons (Fsp3) is 0.231. The molecule has 1 atom stereocenters. The molecule has 0 fully saturated rings. The van der Waals surface area contributed by atoms with E-state index >= 15 is 0 Å². The smallest absolute Gasteiger partial charge is 0.264 e. The minimum Gasteiger partial charge on any atom is -0.357 e. The van der Waals surface area contributed by atoms with Gasteiger partial charge in [0.25, 0.3) is 10.0 Å². The standard InChI is InChI=1S/C26H27BrClN3O4S/c1-18-7-13-24(14-8-18)36(34,35)31(23-11-9-22(28)10-12-23)17-25(32)30(19(2)26(33)29-3)16-20-5-4-6-21(27)15-20/h4-15,19H,16-17H2,1-3H3,(H,29,33). The highest BCUT2D eigenvalue weighted by Gasteiger charge is 2.32. The second kappa shape index (κ2) is 11.9. The molecule has 0 saturated heterocycles. The van der Waals surface area contributed by atoms with Gasteiger partial charge in [-0.2, -0.15) is 0 Å². The van der Waals surface area contributed by atoms with Crippen LogP contribution in [0.25, 0.3) is 0 Å². The normalized spacial score (nSPS) is 12.0. The summed E-state index contributed by atoms with van der Waals surface area (Å²) in [5.41, 5.74) is 1.97. The molecule has 10 heteroatoms. The molecule has 190 valence electrons. The quantitative estimate of drug-likeness (QED) is 0.388. The summed E-state index contributed by atoms with van der Waals surface area (Å²) in [5, 5.41) is 2.99. The third-order valence-electron chi connectivity index (χ3n) is 5.66. The summed E-state index contributed by atoms with van der Waals surface area (Å²) in [5.74, 6) is -0.894. The van der Waals surface area contributed by atoms with Crippen LogP contribution >= 0.6 is 27.5 Å². The molecule has 1 unspecified atom stereocenters. The van der Waals surface area contributed by atoms with E-state index in [1.54, 1.807) is 43.3 Å². The zero-order chi connectivity index (χ0) is 26.5. The molecule has 36 heavy (non-hydrogen) atoms. The van der Waals surface area contributed by atoms with E-state index < -0.39 is 28.5 Å². The molecule has 1 N–H and O–H groups in total. The van der Waals surface area contributed by atoms with Crippen LogP contribution in [0.2, 0.25) is 5.02 Å². The van der Waals surface area contributed by atoms with Crippen molar-refractivity contribution in [3.8, 4) is 0 Å². The van der Waals surface area contributed by atoms with E-state index in [0.29, 0.717) is 5.02 Å². The average Bonchev–Trinajstić information content (AvgIpc) is 2.85. The largest absolute Gasteiger partial charge is 0.357 e. The van der Waals surface area contributed by atoms with Gasteiger partial charge >= 0.3 is 0 Å². The fourth-order valence-electron chi connectivity index (χ4n) is 3.60. The van der Waals surface area contributed by atoms with E-state index in [2.05, 4.69) is 21.2 Å². The number of likely N-dealkylation sites (N-methyl/N-ethyl adjacent to an activating group) is 1. The molecule has 7 nitrogen and oxygen atoms in total. The Kier molecular flexibility index (Phi) is 9.16.